The molecule has 1 amide bonds. The van der Waals surface area contributed by atoms with Crippen molar-refractivity contribution in [2.24, 2.45) is 5.73 Å². The number of pyridine rings is 1. The fourth-order valence-corrected chi connectivity index (χ4v) is 4.15. The summed E-state index contributed by atoms with van der Waals surface area (Å²) in [5.41, 5.74) is 7.39. The minimum atomic E-state index is -3.23. The second-order valence-electron chi connectivity index (χ2n) is 8.42. The fraction of sp³-hybridized carbons (Fsp3) is 0.455. The Morgan fingerprint density at radius 1 is 1.19 bits per heavy atom. The van der Waals surface area contributed by atoms with E-state index < -0.39 is 42.4 Å². The van der Waals surface area contributed by atoms with E-state index in [1.165, 1.54) is 13.8 Å². The summed E-state index contributed by atoms with van der Waals surface area (Å²) in [5.74, 6) is -1.44. The monoisotopic (exact) mass is 435 g/mol. The first kappa shape index (κ1) is 21.7. The van der Waals surface area contributed by atoms with Crippen LogP contribution in [0.1, 0.15) is 31.2 Å². The molecular weight excluding hydrogens is 411 g/mol. The second kappa shape index (κ2) is 7.89. The van der Waals surface area contributed by atoms with Crippen molar-refractivity contribution in [1.82, 2.24) is 9.88 Å². The number of hydrogen-bond acceptors (Lipinski definition) is 5. The third-order valence-electron chi connectivity index (χ3n) is 5.82. The lowest BCUT2D eigenvalue weighted by molar-refractivity contribution is -0.159. The number of alkyl halides is 3. The molecule has 2 N–H and O–H groups in total. The van der Waals surface area contributed by atoms with Gasteiger partial charge in [-0.2, -0.15) is 8.78 Å². The van der Waals surface area contributed by atoms with E-state index in [4.69, 9.17) is 15.2 Å². The average Bonchev–Trinajstić information content (AvgIpc) is 3.01. The maximum atomic E-state index is 13.8. The molecule has 2 aliphatic heterocycles. The number of nitrogens with zero attached hydrogens (tertiary/aromatic N) is 2. The van der Waals surface area contributed by atoms with Gasteiger partial charge in [-0.3, -0.25) is 9.78 Å². The summed E-state index contributed by atoms with van der Waals surface area (Å²) in [7, 11) is 0. The topological polar surface area (TPSA) is 77.7 Å². The SMILES string of the molecule is CC1(C)O[C@H](c2ccc(-c3ccc(C4(N)COC4)nc3)cc2)[C@@H](CF)N1C(=O)C(F)F. The fourth-order valence-electron chi connectivity index (χ4n) is 4.15. The van der Waals surface area contributed by atoms with Crippen LogP contribution < -0.4 is 5.73 Å². The number of ether oxygens (including phenoxy) is 2. The van der Waals surface area contributed by atoms with Gasteiger partial charge in [0, 0.05) is 11.8 Å². The molecule has 31 heavy (non-hydrogen) atoms. The summed E-state index contributed by atoms with van der Waals surface area (Å²) in [4.78, 5) is 17.2. The molecule has 0 aliphatic carbocycles. The van der Waals surface area contributed by atoms with E-state index in [1.807, 2.05) is 24.3 Å². The van der Waals surface area contributed by atoms with Crippen molar-refractivity contribution in [3.05, 3.63) is 53.9 Å². The van der Waals surface area contributed by atoms with E-state index in [9.17, 15) is 18.0 Å². The van der Waals surface area contributed by atoms with Crippen molar-refractivity contribution < 1.29 is 27.4 Å². The first-order valence-electron chi connectivity index (χ1n) is 9.95. The molecule has 0 radical (unpaired) electrons. The van der Waals surface area contributed by atoms with Gasteiger partial charge in [0.15, 0.2) is 0 Å². The maximum absolute atomic E-state index is 13.8. The molecule has 3 heterocycles. The smallest absolute Gasteiger partial charge is 0.315 e. The summed E-state index contributed by atoms with van der Waals surface area (Å²) in [6.07, 6.45) is -2.36. The third kappa shape index (κ3) is 3.81. The van der Waals surface area contributed by atoms with Crippen LogP contribution in [0, 0.1) is 0 Å². The van der Waals surface area contributed by atoms with Crippen molar-refractivity contribution in [2.75, 3.05) is 19.9 Å². The summed E-state index contributed by atoms with van der Waals surface area (Å²) < 4.78 is 50.9. The highest BCUT2D eigenvalue weighted by molar-refractivity contribution is 5.80. The Kier molecular flexibility index (Phi) is 5.53. The summed E-state index contributed by atoms with van der Waals surface area (Å²) >= 11 is 0. The zero-order valence-electron chi connectivity index (χ0n) is 17.2. The van der Waals surface area contributed by atoms with Gasteiger partial charge in [-0.05, 0) is 31.0 Å². The predicted octanol–water partition coefficient (Wildman–Crippen LogP) is 3.17. The van der Waals surface area contributed by atoms with Gasteiger partial charge in [0.1, 0.15) is 24.0 Å². The molecule has 2 fully saturated rings. The van der Waals surface area contributed by atoms with Gasteiger partial charge in [-0.25, -0.2) is 4.39 Å². The van der Waals surface area contributed by atoms with Gasteiger partial charge in [0.05, 0.1) is 24.9 Å². The quantitative estimate of drug-likeness (QED) is 0.781. The minimum absolute atomic E-state index is 0.437. The van der Waals surface area contributed by atoms with Gasteiger partial charge in [0.25, 0.3) is 5.91 Å². The number of halogens is 3. The number of aromatic nitrogens is 1. The highest BCUT2D eigenvalue weighted by Gasteiger charge is 2.52. The number of carbonyl (C=O) groups excluding carboxylic acids is 1. The lowest BCUT2D eigenvalue weighted by atomic mass is 9.93. The molecule has 2 atom stereocenters. The summed E-state index contributed by atoms with van der Waals surface area (Å²) in [6, 6.07) is 9.77. The third-order valence-corrected chi connectivity index (χ3v) is 5.82. The number of nitrogens with two attached hydrogens (primary N) is 1. The lowest BCUT2D eigenvalue weighted by Gasteiger charge is -2.37. The van der Waals surface area contributed by atoms with E-state index in [-0.39, 0.29) is 0 Å². The van der Waals surface area contributed by atoms with E-state index >= 15 is 0 Å². The highest BCUT2D eigenvalue weighted by atomic mass is 19.3. The second-order valence-corrected chi connectivity index (χ2v) is 8.42. The minimum Gasteiger partial charge on any atom is -0.377 e. The van der Waals surface area contributed by atoms with Crippen molar-refractivity contribution >= 4 is 5.91 Å². The zero-order chi connectivity index (χ0) is 22.4. The lowest BCUT2D eigenvalue weighted by Crippen LogP contribution is -2.54. The summed E-state index contributed by atoms with van der Waals surface area (Å²) in [6.45, 7) is 2.84. The normalized spacial score (nSPS) is 24.3. The Morgan fingerprint density at radius 3 is 2.32 bits per heavy atom. The molecule has 0 unspecified atom stereocenters. The molecule has 6 nitrogen and oxygen atoms in total. The van der Waals surface area contributed by atoms with Crippen molar-refractivity contribution in [2.45, 2.75) is 43.7 Å². The van der Waals surface area contributed by atoms with Crippen molar-refractivity contribution in [1.29, 1.82) is 0 Å². The number of benzene rings is 1. The first-order valence-corrected chi connectivity index (χ1v) is 9.95. The maximum Gasteiger partial charge on any atom is 0.315 e. The van der Waals surface area contributed by atoms with Crippen LogP contribution in [0.4, 0.5) is 13.2 Å². The Morgan fingerprint density at radius 2 is 1.84 bits per heavy atom. The highest BCUT2D eigenvalue weighted by Crippen LogP contribution is 2.42. The Labute approximate surface area is 178 Å². The Bertz CT molecular complexity index is 947. The van der Waals surface area contributed by atoms with Crippen molar-refractivity contribution in [3.63, 3.8) is 0 Å². The van der Waals surface area contributed by atoms with Crippen LogP contribution in [0.2, 0.25) is 0 Å². The van der Waals surface area contributed by atoms with Crippen molar-refractivity contribution in [3.8, 4) is 11.1 Å². The van der Waals surface area contributed by atoms with E-state index in [2.05, 4.69) is 4.98 Å². The van der Waals surface area contributed by atoms with Gasteiger partial charge in [0.2, 0.25) is 0 Å². The van der Waals surface area contributed by atoms with E-state index in [0.29, 0.717) is 18.8 Å². The van der Waals surface area contributed by atoms with Crippen LogP contribution in [-0.4, -0.2) is 53.9 Å². The van der Waals surface area contributed by atoms with Gasteiger partial charge < -0.3 is 20.1 Å². The van der Waals surface area contributed by atoms with Crippen LogP contribution in [0.5, 0.6) is 0 Å². The van der Waals surface area contributed by atoms with Gasteiger partial charge >= 0.3 is 6.43 Å². The van der Waals surface area contributed by atoms with Crippen LogP contribution in [0.3, 0.4) is 0 Å². The Hall–Kier alpha value is -2.49. The van der Waals surface area contributed by atoms with E-state index in [0.717, 1.165) is 21.7 Å². The number of amides is 1. The zero-order valence-corrected chi connectivity index (χ0v) is 17.2. The number of rotatable bonds is 5. The standard InChI is InChI=1S/C22H24F3N3O3/c1-21(2)28(20(29)19(24)25)16(9-23)18(31-21)14-5-3-13(4-6-14)15-7-8-17(27-10-15)22(26)11-30-12-22/h3-8,10,16,18-19H,9,11-12,26H2,1-2H3/t16-,18-/m1/s1. The number of hydrogen-bond donors (Lipinski definition) is 1. The molecule has 0 bridgehead atoms. The largest absolute Gasteiger partial charge is 0.377 e. The van der Waals surface area contributed by atoms with Gasteiger partial charge in [-0.15, -0.1) is 0 Å². The van der Waals surface area contributed by atoms with Crippen LogP contribution >= 0.6 is 0 Å². The van der Waals surface area contributed by atoms with E-state index in [1.54, 1.807) is 18.3 Å². The molecule has 1 aromatic carbocycles. The molecule has 9 heteroatoms. The average molecular weight is 435 g/mol. The number of carbonyl (C=O) groups is 1. The van der Waals surface area contributed by atoms with Crippen LogP contribution in [0.25, 0.3) is 11.1 Å². The molecule has 2 aliphatic rings. The molecule has 0 saturated carbocycles. The molecule has 0 spiro atoms. The van der Waals surface area contributed by atoms with Gasteiger partial charge in [-0.1, -0.05) is 30.3 Å². The van der Waals surface area contributed by atoms with Crippen LogP contribution in [-0.2, 0) is 19.8 Å². The predicted molar refractivity (Wildman–Crippen MR) is 107 cm³/mol. The molecule has 1 aromatic heterocycles. The molecular formula is C22H24F3N3O3. The van der Waals surface area contributed by atoms with Crippen LogP contribution in [0.15, 0.2) is 42.6 Å². The summed E-state index contributed by atoms with van der Waals surface area (Å²) in [5, 5.41) is 0. The Balaban J connectivity index is 1.55. The molecule has 166 valence electrons. The first-order chi connectivity index (χ1) is 14.7. The molecule has 2 saturated heterocycles. The molecule has 4 rings (SSSR count). The molecule has 2 aromatic rings.